The van der Waals surface area contributed by atoms with Crippen molar-refractivity contribution in [3.05, 3.63) is 36.2 Å². The Morgan fingerprint density at radius 3 is 2.81 bits per heavy atom. The topological polar surface area (TPSA) is 54.6 Å². The summed E-state index contributed by atoms with van der Waals surface area (Å²) in [5.41, 5.74) is 1.65. The van der Waals surface area contributed by atoms with Crippen LogP contribution in [0.25, 0.3) is 5.52 Å². The Morgan fingerprint density at radius 1 is 1.44 bits per heavy atom. The molecule has 0 aliphatic heterocycles. The van der Waals surface area contributed by atoms with Gasteiger partial charge in [-0.2, -0.15) is 5.10 Å². The monoisotopic (exact) mass is 218 g/mol. The number of aromatic nitrogens is 2. The molecule has 1 N–H and O–H groups in total. The van der Waals surface area contributed by atoms with Gasteiger partial charge in [0.15, 0.2) is 0 Å². The van der Waals surface area contributed by atoms with E-state index < -0.39 is 11.9 Å². The van der Waals surface area contributed by atoms with Crippen molar-refractivity contribution in [3.63, 3.8) is 0 Å². The zero-order chi connectivity index (χ0) is 11.7. The van der Waals surface area contributed by atoms with Crippen molar-refractivity contribution in [2.75, 3.05) is 0 Å². The average molecular weight is 218 g/mol. The van der Waals surface area contributed by atoms with Crippen molar-refractivity contribution in [1.82, 2.24) is 9.61 Å². The Balaban J connectivity index is 2.57. The molecular weight excluding hydrogens is 204 g/mol. The zero-order valence-electron chi connectivity index (χ0n) is 9.29. The number of aliphatic carboxylic acids is 1. The van der Waals surface area contributed by atoms with Crippen molar-refractivity contribution in [2.24, 2.45) is 5.92 Å². The summed E-state index contributed by atoms with van der Waals surface area (Å²) in [5, 5.41) is 13.4. The summed E-state index contributed by atoms with van der Waals surface area (Å²) in [6.45, 7) is 3.82. The van der Waals surface area contributed by atoms with Crippen LogP contribution in [0.15, 0.2) is 30.6 Å². The Bertz CT molecular complexity index is 516. The van der Waals surface area contributed by atoms with Crippen LogP contribution >= 0.6 is 0 Å². The van der Waals surface area contributed by atoms with E-state index in [4.69, 9.17) is 0 Å². The molecule has 16 heavy (non-hydrogen) atoms. The van der Waals surface area contributed by atoms with Crippen LogP contribution in [0.3, 0.4) is 0 Å². The molecule has 0 fully saturated rings. The van der Waals surface area contributed by atoms with Crippen molar-refractivity contribution in [1.29, 1.82) is 0 Å². The van der Waals surface area contributed by atoms with E-state index in [1.807, 2.05) is 38.2 Å². The summed E-state index contributed by atoms with van der Waals surface area (Å²) in [4.78, 5) is 11.2. The number of carboxylic acid groups (broad SMARTS) is 1. The van der Waals surface area contributed by atoms with Gasteiger partial charge in [-0.05, 0) is 18.1 Å². The van der Waals surface area contributed by atoms with Gasteiger partial charge in [-0.3, -0.25) is 4.79 Å². The normalized spacial score (nSPS) is 13.2. The number of nitrogens with zero attached hydrogens (tertiary/aromatic N) is 2. The molecule has 2 heterocycles. The molecule has 1 unspecified atom stereocenters. The summed E-state index contributed by atoms with van der Waals surface area (Å²) < 4.78 is 1.70. The minimum Gasteiger partial charge on any atom is -0.481 e. The van der Waals surface area contributed by atoms with E-state index in [-0.39, 0.29) is 5.92 Å². The van der Waals surface area contributed by atoms with E-state index in [0.717, 1.165) is 11.1 Å². The lowest BCUT2D eigenvalue weighted by Gasteiger charge is -2.14. The number of carbonyl (C=O) groups is 1. The maximum atomic E-state index is 11.2. The highest BCUT2D eigenvalue weighted by molar-refractivity contribution is 5.79. The largest absolute Gasteiger partial charge is 0.481 e. The first-order valence-electron chi connectivity index (χ1n) is 5.26. The van der Waals surface area contributed by atoms with Gasteiger partial charge in [-0.1, -0.05) is 19.9 Å². The molecule has 0 amide bonds. The van der Waals surface area contributed by atoms with Gasteiger partial charge in [0.1, 0.15) is 0 Å². The number of hydrogen-bond donors (Lipinski definition) is 1. The minimum atomic E-state index is -0.797. The minimum absolute atomic E-state index is 0.0470. The maximum absolute atomic E-state index is 11.2. The molecule has 2 aromatic rings. The van der Waals surface area contributed by atoms with Crippen molar-refractivity contribution in [2.45, 2.75) is 19.8 Å². The molecule has 0 spiro atoms. The molecule has 84 valence electrons. The average Bonchev–Trinajstić information content (AvgIpc) is 2.61. The number of fused-ring (bicyclic) bond motifs is 1. The lowest BCUT2D eigenvalue weighted by atomic mass is 9.89. The molecule has 2 aromatic heterocycles. The predicted octanol–water partition coefficient (Wildman–Crippen LogP) is 2.16. The number of rotatable bonds is 3. The quantitative estimate of drug-likeness (QED) is 0.858. The van der Waals surface area contributed by atoms with E-state index in [2.05, 4.69) is 5.10 Å². The molecule has 0 aliphatic carbocycles. The van der Waals surface area contributed by atoms with Gasteiger partial charge in [0, 0.05) is 11.8 Å². The number of pyridine rings is 1. The zero-order valence-corrected chi connectivity index (χ0v) is 9.29. The number of carboxylic acids is 1. The van der Waals surface area contributed by atoms with Crippen LogP contribution in [0, 0.1) is 5.92 Å². The molecule has 4 heteroatoms. The first-order valence-corrected chi connectivity index (χ1v) is 5.26. The first-order chi connectivity index (χ1) is 7.61. The van der Waals surface area contributed by atoms with Crippen LogP contribution in [0.5, 0.6) is 0 Å². The summed E-state index contributed by atoms with van der Waals surface area (Å²) in [6.07, 6.45) is 3.46. The van der Waals surface area contributed by atoms with Gasteiger partial charge in [0.2, 0.25) is 0 Å². The molecule has 4 nitrogen and oxygen atoms in total. The fourth-order valence-electron chi connectivity index (χ4n) is 1.97. The molecule has 0 bridgehead atoms. The van der Waals surface area contributed by atoms with Gasteiger partial charge >= 0.3 is 5.97 Å². The lowest BCUT2D eigenvalue weighted by Crippen LogP contribution is -2.17. The predicted molar refractivity (Wildman–Crippen MR) is 60.4 cm³/mol. The Morgan fingerprint density at radius 2 is 2.19 bits per heavy atom. The van der Waals surface area contributed by atoms with Gasteiger partial charge in [0.25, 0.3) is 0 Å². The number of hydrogen-bond acceptors (Lipinski definition) is 2. The molecule has 2 rings (SSSR count). The van der Waals surface area contributed by atoms with E-state index >= 15 is 0 Å². The standard InChI is InChI=1S/C12H14N2O2/c1-8(2)11(12(15)16)9-7-13-14-6-4-3-5-10(9)14/h3-8,11H,1-2H3,(H,15,16). The molecule has 0 saturated heterocycles. The van der Waals surface area contributed by atoms with Crippen LogP contribution in [0.1, 0.15) is 25.3 Å². The van der Waals surface area contributed by atoms with Crippen LogP contribution in [0.4, 0.5) is 0 Å². The van der Waals surface area contributed by atoms with E-state index in [1.54, 1.807) is 10.7 Å². The third-order valence-electron chi connectivity index (χ3n) is 2.72. The third-order valence-corrected chi connectivity index (χ3v) is 2.72. The van der Waals surface area contributed by atoms with Crippen molar-refractivity contribution < 1.29 is 9.90 Å². The van der Waals surface area contributed by atoms with E-state index in [0.29, 0.717) is 0 Å². The lowest BCUT2D eigenvalue weighted by molar-refractivity contribution is -0.139. The van der Waals surface area contributed by atoms with E-state index in [9.17, 15) is 9.90 Å². The second-order valence-corrected chi connectivity index (χ2v) is 4.19. The highest BCUT2D eigenvalue weighted by Gasteiger charge is 2.26. The van der Waals surface area contributed by atoms with Crippen molar-refractivity contribution >= 4 is 11.5 Å². The SMILES string of the molecule is CC(C)C(C(=O)O)c1cnn2ccccc12. The van der Waals surface area contributed by atoms with Crippen LogP contribution in [-0.4, -0.2) is 20.7 Å². The molecule has 0 aromatic carbocycles. The third kappa shape index (κ3) is 1.66. The molecule has 0 radical (unpaired) electrons. The summed E-state index contributed by atoms with van der Waals surface area (Å²) in [7, 11) is 0. The van der Waals surface area contributed by atoms with Gasteiger partial charge in [-0.15, -0.1) is 0 Å². The highest BCUT2D eigenvalue weighted by Crippen LogP contribution is 2.27. The summed E-state index contributed by atoms with van der Waals surface area (Å²) in [5.74, 6) is -1.25. The summed E-state index contributed by atoms with van der Waals surface area (Å²) >= 11 is 0. The van der Waals surface area contributed by atoms with Gasteiger partial charge in [0.05, 0.1) is 17.6 Å². The first kappa shape index (κ1) is 10.7. The molecular formula is C12H14N2O2. The molecule has 0 saturated carbocycles. The fraction of sp³-hybridized carbons (Fsp3) is 0.333. The van der Waals surface area contributed by atoms with Crippen LogP contribution in [0.2, 0.25) is 0 Å². The second kappa shape index (κ2) is 3.96. The van der Waals surface area contributed by atoms with Gasteiger partial charge in [-0.25, -0.2) is 4.52 Å². The Kier molecular flexibility index (Phi) is 2.64. The van der Waals surface area contributed by atoms with Crippen molar-refractivity contribution in [3.8, 4) is 0 Å². The Hall–Kier alpha value is -1.84. The van der Waals surface area contributed by atoms with Crippen LogP contribution in [-0.2, 0) is 4.79 Å². The second-order valence-electron chi connectivity index (χ2n) is 4.19. The molecule has 1 atom stereocenters. The van der Waals surface area contributed by atoms with Crippen LogP contribution < -0.4 is 0 Å². The smallest absolute Gasteiger partial charge is 0.311 e. The maximum Gasteiger partial charge on any atom is 0.311 e. The van der Waals surface area contributed by atoms with Gasteiger partial charge < -0.3 is 5.11 Å². The molecule has 0 aliphatic rings. The highest BCUT2D eigenvalue weighted by atomic mass is 16.4. The van der Waals surface area contributed by atoms with E-state index in [1.165, 1.54) is 0 Å². The Labute approximate surface area is 93.5 Å². The fourth-order valence-corrected chi connectivity index (χ4v) is 1.97. The summed E-state index contributed by atoms with van der Waals surface area (Å²) in [6, 6.07) is 5.65.